The predicted octanol–water partition coefficient (Wildman–Crippen LogP) is 2.76. The summed E-state index contributed by atoms with van der Waals surface area (Å²) in [5.74, 6) is -3.11. The number of ether oxygens (including phenoxy) is 3. The maximum absolute atomic E-state index is 14.2. The zero-order valence-corrected chi connectivity index (χ0v) is 17.2. The Balaban J connectivity index is 1.97. The van der Waals surface area contributed by atoms with E-state index in [-0.39, 0.29) is 17.2 Å². The van der Waals surface area contributed by atoms with Gasteiger partial charge in [0.05, 0.1) is 5.56 Å². The minimum Gasteiger partial charge on any atom is -0.484 e. The first-order chi connectivity index (χ1) is 13.5. The fraction of sp³-hybridized carbons (Fsp3) is 0.579. The molecule has 0 atom stereocenters. The van der Waals surface area contributed by atoms with Crippen molar-refractivity contribution in [3.8, 4) is 5.75 Å². The molecular weight excluding hydrogens is 407 g/mol. The second-order valence-electron chi connectivity index (χ2n) is 7.26. The van der Waals surface area contributed by atoms with Crippen LogP contribution in [0.25, 0.3) is 0 Å². The Kier molecular flexibility index (Phi) is 7.59. The monoisotopic (exact) mass is 432 g/mol. The lowest BCUT2D eigenvalue weighted by Gasteiger charge is -2.34. The molecule has 1 aromatic rings. The lowest BCUT2D eigenvalue weighted by molar-refractivity contribution is -0.146. The molecule has 0 spiro atoms. The summed E-state index contributed by atoms with van der Waals surface area (Å²) in [6.07, 6.45) is 3.57. The van der Waals surface area contributed by atoms with Gasteiger partial charge in [-0.1, -0.05) is 13.8 Å². The van der Waals surface area contributed by atoms with Crippen LogP contribution in [0.1, 0.15) is 49.9 Å². The third kappa shape index (κ3) is 6.67. The van der Waals surface area contributed by atoms with E-state index >= 15 is 0 Å². The Hall–Kier alpha value is -2.20. The number of carbonyl (C=O) groups is 2. The highest BCUT2D eigenvalue weighted by Gasteiger charge is 2.39. The molecule has 1 aliphatic carbocycles. The Labute approximate surface area is 169 Å². The summed E-state index contributed by atoms with van der Waals surface area (Å²) in [5, 5.41) is 0. The van der Waals surface area contributed by atoms with Crippen molar-refractivity contribution in [2.24, 2.45) is 5.92 Å². The summed E-state index contributed by atoms with van der Waals surface area (Å²) >= 11 is 0. The van der Waals surface area contributed by atoms with Crippen molar-refractivity contribution in [3.05, 3.63) is 29.6 Å². The Bertz CT molecular complexity index is 844. The summed E-state index contributed by atoms with van der Waals surface area (Å²) in [5.41, 5.74) is -0.482. The SMILES string of the molecule is CC(C)C1(Oc2cc(C(=O)OCC(=O)OCCS(=O)(=O)O)ccc2F)CCCC1. The van der Waals surface area contributed by atoms with Gasteiger partial charge in [0.1, 0.15) is 18.0 Å². The van der Waals surface area contributed by atoms with Crippen LogP contribution in [0.4, 0.5) is 4.39 Å². The number of benzene rings is 1. The second-order valence-corrected chi connectivity index (χ2v) is 8.83. The third-order valence-corrected chi connectivity index (χ3v) is 5.59. The van der Waals surface area contributed by atoms with E-state index in [9.17, 15) is 22.4 Å². The first-order valence-corrected chi connectivity index (χ1v) is 10.9. The van der Waals surface area contributed by atoms with Gasteiger partial charge in [0, 0.05) is 0 Å². The lowest BCUT2D eigenvalue weighted by atomic mass is 9.88. The molecule has 1 saturated carbocycles. The van der Waals surface area contributed by atoms with Gasteiger partial charge >= 0.3 is 11.9 Å². The third-order valence-electron chi connectivity index (χ3n) is 4.91. The molecule has 0 radical (unpaired) electrons. The van der Waals surface area contributed by atoms with Gasteiger partial charge in [-0.15, -0.1) is 0 Å². The standard InChI is InChI=1S/C19H25FO8S/c1-13(2)19(7-3-4-8-19)28-16-11-14(5-6-15(16)20)18(22)27-12-17(21)26-9-10-29(23,24)25/h5-6,11,13H,3-4,7-10,12H2,1-2H3,(H,23,24,25). The molecule has 0 heterocycles. The minimum absolute atomic E-state index is 0.00374. The van der Waals surface area contributed by atoms with Crippen LogP contribution < -0.4 is 4.74 Å². The van der Waals surface area contributed by atoms with Gasteiger partial charge < -0.3 is 14.2 Å². The van der Waals surface area contributed by atoms with E-state index in [1.54, 1.807) is 0 Å². The molecule has 0 bridgehead atoms. The number of rotatable bonds is 9. The molecule has 0 amide bonds. The molecule has 0 unspecified atom stereocenters. The molecule has 8 nitrogen and oxygen atoms in total. The number of hydrogen-bond acceptors (Lipinski definition) is 7. The van der Waals surface area contributed by atoms with Crippen LogP contribution in [0, 0.1) is 11.7 Å². The van der Waals surface area contributed by atoms with Gasteiger partial charge in [0.25, 0.3) is 10.1 Å². The molecule has 162 valence electrons. The zero-order chi connectivity index (χ0) is 21.7. The van der Waals surface area contributed by atoms with Gasteiger partial charge in [-0.25, -0.2) is 14.0 Å². The molecule has 2 rings (SSSR count). The summed E-state index contributed by atoms with van der Waals surface area (Å²) < 4.78 is 59.2. The van der Waals surface area contributed by atoms with Crippen molar-refractivity contribution in [1.29, 1.82) is 0 Å². The molecule has 10 heteroatoms. The first kappa shape index (κ1) is 23.1. The van der Waals surface area contributed by atoms with E-state index in [4.69, 9.17) is 14.0 Å². The van der Waals surface area contributed by atoms with Crippen molar-refractivity contribution in [2.75, 3.05) is 19.0 Å². The number of esters is 2. The molecule has 0 aromatic heterocycles. The second kappa shape index (κ2) is 9.53. The number of carbonyl (C=O) groups excluding carboxylic acids is 2. The zero-order valence-electron chi connectivity index (χ0n) is 16.4. The van der Waals surface area contributed by atoms with Crippen molar-refractivity contribution >= 4 is 22.1 Å². The van der Waals surface area contributed by atoms with E-state index in [2.05, 4.69) is 4.74 Å². The number of halogens is 1. The Morgan fingerprint density at radius 1 is 1.21 bits per heavy atom. The lowest BCUT2D eigenvalue weighted by Crippen LogP contribution is -2.38. The average molecular weight is 432 g/mol. The fourth-order valence-electron chi connectivity index (χ4n) is 3.21. The van der Waals surface area contributed by atoms with Crippen LogP contribution in [0.2, 0.25) is 0 Å². The first-order valence-electron chi connectivity index (χ1n) is 9.29. The van der Waals surface area contributed by atoms with Crippen LogP contribution in [-0.2, 0) is 24.4 Å². The predicted molar refractivity (Wildman–Crippen MR) is 101 cm³/mol. The molecule has 0 saturated heterocycles. The summed E-state index contributed by atoms with van der Waals surface area (Å²) in [4.78, 5) is 23.6. The maximum atomic E-state index is 14.2. The largest absolute Gasteiger partial charge is 0.484 e. The topological polar surface area (TPSA) is 116 Å². The molecule has 1 fully saturated rings. The smallest absolute Gasteiger partial charge is 0.344 e. The van der Waals surface area contributed by atoms with Gasteiger partial charge in [-0.3, -0.25) is 4.55 Å². The minimum atomic E-state index is -4.26. The quantitative estimate of drug-likeness (QED) is 0.468. The summed E-state index contributed by atoms with van der Waals surface area (Å²) in [7, 11) is -4.26. The summed E-state index contributed by atoms with van der Waals surface area (Å²) in [6.45, 7) is 2.69. The summed E-state index contributed by atoms with van der Waals surface area (Å²) in [6, 6.07) is 3.55. The van der Waals surface area contributed by atoms with E-state index in [0.29, 0.717) is 0 Å². The van der Waals surface area contributed by atoms with Crippen LogP contribution in [0.3, 0.4) is 0 Å². The molecular formula is C19H25FO8S. The highest BCUT2D eigenvalue weighted by Crippen LogP contribution is 2.40. The van der Waals surface area contributed by atoms with E-state index in [0.717, 1.165) is 31.7 Å². The normalized spacial score (nSPS) is 15.9. The fourth-order valence-corrected chi connectivity index (χ4v) is 3.50. The van der Waals surface area contributed by atoms with E-state index < -0.39 is 52.4 Å². The molecule has 1 aromatic carbocycles. The van der Waals surface area contributed by atoms with E-state index in [1.165, 1.54) is 12.1 Å². The molecule has 1 N–H and O–H groups in total. The van der Waals surface area contributed by atoms with Crippen LogP contribution in [0.15, 0.2) is 18.2 Å². The van der Waals surface area contributed by atoms with Crippen molar-refractivity contribution in [3.63, 3.8) is 0 Å². The van der Waals surface area contributed by atoms with Crippen LogP contribution >= 0.6 is 0 Å². The van der Waals surface area contributed by atoms with Crippen LogP contribution in [-0.4, -0.2) is 49.5 Å². The van der Waals surface area contributed by atoms with Gasteiger partial charge in [-0.2, -0.15) is 8.42 Å². The molecule has 0 aliphatic heterocycles. The number of hydrogen-bond donors (Lipinski definition) is 1. The highest BCUT2D eigenvalue weighted by molar-refractivity contribution is 7.85. The van der Waals surface area contributed by atoms with Gasteiger partial charge in [-0.05, 0) is 49.8 Å². The van der Waals surface area contributed by atoms with Gasteiger partial charge in [0.15, 0.2) is 18.2 Å². The maximum Gasteiger partial charge on any atom is 0.344 e. The molecule has 1 aliphatic rings. The Morgan fingerprint density at radius 2 is 1.86 bits per heavy atom. The Morgan fingerprint density at radius 3 is 2.45 bits per heavy atom. The van der Waals surface area contributed by atoms with Crippen molar-refractivity contribution in [1.82, 2.24) is 0 Å². The van der Waals surface area contributed by atoms with E-state index in [1.807, 2.05) is 13.8 Å². The molecule has 29 heavy (non-hydrogen) atoms. The van der Waals surface area contributed by atoms with Crippen LogP contribution in [0.5, 0.6) is 5.75 Å². The van der Waals surface area contributed by atoms with Gasteiger partial charge in [0.2, 0.25) is 0 Å². The van der Waals surface area contributed by atoms with Crippen molar-refractivity contribution < 1.29 is 41.2 Å². The average Bonchev–Trinajstić information content (AvgIpc) is 3.10. The van der Waals surface area contributed by atoms with Crippen molar-refractivity contribution in [2.45, 2.75) is 45.1 Å². The highest BCUT2D eigenvalue weighted by atomic mass is 32.2.